The molecule has 0 aliphatic heterocycles. The van der Waals surface area contributed by atoms with Crippen molar-refractivity contribution in [1.82, 2.24) is 5.16 Å². The molecule has 0 saturated carbocycles. The second-order valence-electron chi connectivity index (χ2n) is 4.12. The molecule has 0 aliphatic carbocycles. The summed E-state index contributed by atoms with van der Waals surface area (Å²) in [5, 5.41) is 12.2. The van der Waals surface area contributed by atoms with Crippen molar-refractivity contribution in [3.63, 3.8) is 0 Å². The van der Waals surface area contributed by atoms with Crippen LogP contribution in [0.5, 0.6) is 0 Å². The minimum atomic E-state index is -0.879. The average Bonchev–Trinajstić information content (AvgIpc) is 2.94. The third-order valence-electron chi connectivity index (χ3n) is 2.55. The van der Waals surface area contributed by atoms with Gasteiger partial charge in [-0.25, -0.2) is 4.79 Å². The Morgan fingerprint density at radius 3 is 2.42 bits per heavy atom. The molecule has 0 spiro atoms. The van der Waals surface area contributed by atoms with Crippen LogP contribution in [0.25, 0.3) is 0 Å². The molecular weight excluding hydrogens is 242 g/mol. The highest BCUT2D eigenvalue weighted by Gasteiger charge is 1.96. The predicted octanol–water partition coefficient (Wildman–Crippen LogP) is 3.79. The molecule has 2 rings (SSSR count). The van der Waals surface area contributed by atoms with Gasteiger partial charge in [0.1, 0.15) is 6.26 Å². The number of aromatic carboxylic acids is 1. The van der Waals surface area contributed by atoms with Crippen LogP contribution in [0.2, 0.25) is 0 Å². The van der Waals surface area contributed by atoms with Crippen LogP contribution in [0.3, 0.4) is 0 Å². The minimum absolute atomic E-state index is 0.331. The second kappa shape index (κ2) is 8.91. The number of carboxylic acids is 1. The second-order valence-corrected chi connectivity index (χ2v) is 4.12. The lowest BCUT2D eigenvalue weighted by Gasteiger charge is -1.91. The topological polar surface area (TPSA) is 63.3 Å². The molecule has 0 saturated heterocycles. The Balaban J connectivity index is 0.000000191. The van der Waals surface area contributed by atoms with Gasteiger partial charge in [-0.05, 0) is 25.0 Å². The van der Waals surface area contributed by atoms with E-state index in [1.165, 1.54) is 19.3 Å². The van der Waals surface area contributed by atoms with Crippen LogP contribution in [0.15, 0.2) is 47.2 Å². The monoisotopic (exact) mass is 261 g/mol. The van der Waals surface area contributed by atoms with Crippen molar-refractivity contribution in [3.05, 3.63) is 53.9 Å². The van der Waals surface area contributed by atoms with Gasteiger partial charge in [0.05, 0.1) is 11.3 Å². The summed E-state index contributed by atoms with van der Waals surface area (Å²) in [5.41, 5.74) is 1.41. The summed E-state index contributed by atoms with van der Waals surface area (Å²) >= 11 is 0. The molecule has 1 aromatic heterocycles. The van der Waals surface area contributed by atoms with E-state index in [-0.39, 0.29) is 0 Å². The van der Waals surface area contributed by atoms with Gasteiger partial charge < -0.3 is 9.63 Å². The average molecular weight is 261 g/mol. The van der Waals surface area contributed by atoms with Crippen LogP contribution >= 0.6 is 0 Å². The van der Waals surface area contributed by atoms with E-state index < -0.39 is 5.97 Å². The number of aryl methyl sites for hydroxylation is 1. The SMILES string of the molecule is CCCCCc1ccon1.O=C(O)c1ccccc1. The van der Waals surface area contributed by atoms with E-state index >= 15 is 0 Å². The normalized spacial score (nSPS) is 9.53. The highest BCUT2D eigenvalue weighted by Crippen LogP contribution is 2.02. The Bertz CT molecular complexity index is 452. The molecule has 0 amide bonds. The molecule has 0 radical (unpaired) electrons. The van der Waals surface area contributed by atoms with E-state index in [0.717, 1.165) is 12.1 Å². The zero-order valence-corrected chi connectivity index (χ0v) is 11.1. The number of benzene rings is 1. The maximum absolute atomic E-state index is 10.2. The van der Waals surface area contributed by atoms with Crippen molar-refractivity contribution >= 4 is 5.97 Å². The number of rotatable bonds is 5. The van der Waals surface area contributed by atoms with Crippen molar-refractivity contribution < 1.29 is 14.4 Å². The van der Waals surface area contributed by atoms with Crippen molar-refractivity contribution in [2.75, 3.05) is 0 Å². The Morgan fingerprint density at radius 1 is 1.21 bits per heavy atom. The van der Waals surface area contributed by atoms with Crippen LogP contribution in [0.1, 0.15) is 42.2 Å². The van der Waals surface area contributed by atoms with E-state index in [9.17, 15) is 4.79 Å². The van der Waals surface area contributed by atoms with Gasteiger partial charge in [0.2, 0.25) is 0 Å². The van der Waals surface area contributed by atoms with Crippen LogP contribution in [0.4, 0.5) is 0 Å². The molecule has 0 fully saturated rings. The highest BCUT2D eigenvalue weighted by molar-refractivity contribution is 5.87. The van der Waals surface area contributed by atoms with Crippen LogP contribution in [-0.2, 0) is 6.42 Å². The molecule has 0 bridgehead atoms. The van der Waals surface area contributed by atoms with Gasteiger partial charge in [0, 0.05) is 6.07 Å². The van der Waals surface area contributed by atoms with Crippen molar-refractivity contribution in [3.8, 4) is 0 Å². The first-order valence-electron chi connectivity index (χ1n) is 6.41. The van der Waals surface area contributed by atoms with Gasteiger partial charge in [-0.3, -0.25) is 0 Å². The maximum Gasteiger partial charge on any atom is 0.335 e. The quantitative estimate of drug-likeness (QED) is 0.832. The van der Waals surface area contributed by atoms with E-state index in [0.29, 0.717) is 5.56 Å². The Morgan fingerprint density at radius 2 is 1.95 bits per heavy atom. The summed E-state index contributed by atoms with van der Waals surface area (Å²) < 4.78 is 4.70. The highest BCUT2D eigenvalue weighted by atomic mass is 16.5. The summed E-state index contributed by atoms with van der Waals surface area (Å²) in [6.07, 6.45) is 6.46. The minimum Gasteiger partial charge on any atom is -0.478 e. The van der Waals surface area contributed by atoms with E-state index in [2.05, 4.69) is 12.1 Å². The number of carboxylic acid groups (broad SMARTS) is 1. The Kier molecular flexibility index (Phi) is 7.02. The van der Waals surface area contributed by atoms with E-state index in [1.807, 2.05) is 6.07 Å². The van der Waals surface area contributed by atoms with E-state index in [1.54, 1.807) is 36.6 Å². The lowest BCUT2D eigenvalue weighted by Crippen LogP contribution is -1.93. The van der Waals surface area contributed by atoms with Crippen LogP contribution in [0, 0.1) is 0 Å². The third-order valence-corrected chi connectivity index (χ3v) is 2.55. The lowest BCUT2D eigenvalue weighted by molar-refractivity contribution is 0.0697. The number of aromatic nitrogens is 1. The Labute approximate surface area is 113 Å². The molecule has 0 atom stereocenters. The number of hydrogen-bond acceptors (Lipinski definition) is 3. The first-order valence-corrected chi connectivity index (χ1v) is 6.41. The molecule has 102 valence electrons. The van der Waals surface area contributed by atoms with Gasteiger partial charge in [-0.2, -0.15) is 0 Å². The number of hydrogen-bond donors (Lipinski definition) is 1. The number of carbonyl (C=O) groups is 1. The largest absolute Gasteiger partial charge is 0.478 e. The zero-order chi connectivity index (χ0) is 13.9. The third kappa shape index (κ3) is 6.41. The number of unbranched alkanes of at least 4 members (excludes halogenated alkanes) is 2. The molecule has 1 N–H and O–H groups in total. The zero-order valence-electron chi connectivity index (χ0n) is 11.1. The molecule has 4 heteroatoms. The van der Waals surface area contributed by atoms with Gasteiger partial charge in [0.25, 0.3) is 0 Å². The fraction of sp³-hybridized carbons (Fsp3) is 0.333. The molecule has 0 unspecified atom stereocenters. The standard InChI is InChI=1S/C8H13NO.C7H6O2/c1-2-3-4-5-8-6-7-10-9-8;8-7(9)6-4-2-1-3-5-6/h6-7H,2-5H2,1H3;1-5H,(H,8,9). The smallest absolute Gasteiger partial charge is 0.335 e. The first kappa shape index (κ1) is 15.0. The molecule has 4 nitrogen and oxygen atoms in total. The molecule has 2 aromatic rings. The maximum atomic E-state index is 10.2. The summed E-state index contributed by atoms with van der Waals surface area (Å²) in [4.78, 5) is 10.2. The predicted molar refractivity (Wildman–Crippen MR) is 73.1 cm³/mol. The van der Waals surface area contributed by atoms with Gasteiger partial charge in [-0.1, -0.05) is 43.1 Å². The molecule has 1 heterocycles. The molecular formula is C15H19NO3. The summed E-state index contributed by atoms with van der Waals surface area (Å²) in [6.45, 7) is 2.20. The molecule has 19 heavy (non-hydrogen) atoms. The van der Waals surface area contributed by atoms with Gasteiger partial charge in [0.15, 0.2) is 0 Å². The van der Waals surface area contributed by atoms with Crippen molar-refractivity contribution in [2.24, 2.45) is 0 Å². The van der Waals surface area contributed by atoms with Crippen molar-refractivity contribution in [1.29, 1.82) is 0 Å². The van der Waals surface area contributed by atoms with Crippen LogP contribution in [-0.4, -0.2) is 16.2 Å². The van der Waals surface area contributed by atoms with Gasteiger partial charge in [-0.15, -0.1) is 0 Å². The lowest BCUT2D eigenvalue weighted by atomic mass is 10.2. The molecule has 1 aromatic carbocycles. The number of nitrogens with zero attached hydrogens (tertiary/aromatic N) is 1. The summed E-state index contributed by atoms with van der Waals surface area (Å²) in [6, 6.07) is 10.2. The van der Waals surface area contributed by atoms with Gasteiger partial charge >= 0.3 is 5.97 Å². The summed E-state index contributed by atoms with van der Waals surface area (Å²) in [7, 11) is 0. The van der Waals surface area contributed by atoms with Crippen LogP contribution < -0.4 is 0 Å². The molecule has 0 aliphatic rings. The Hall–Kier alpha value is -2.10. The van der Waals surface area contributed by atoms with Crippen molar-refractivity contribution in [2.45, 2.75) is 32.6 Å². The fourth-order valence-electron chi connectivity index (χ4n) is 1.50. The fourth-order valence-corrected chi connectivity index (χ4v) is 1.50. The first-order chi connectivity index (χ1) is 9.24. The van der Waals surface area contributed by atoms with E-state index in [4.69, 9.17) is 9.63 Å². The summed E-state index contributed by atoms with van der Waals surface area (Å²) in [5.74, 6) is -0.879.